The van der Waals surface area contributed by atoms with Gasteiger partial charge < -0.3 is 10.1 Å². The lowest BCUT2D eigenvalue weighted by atomic mass is 9.84. The number of rotatable bonds is 3. The van der Waals surface area contributed by atoms with E-state index in [0.717, 1.165) is 12.0 Å². The highest BCUT2D eigenvalue weighted by Gasteiger charge is 2.54. The van der Waals surface area contributed by atoms with Crippen molar-refractivity contribution in [2.45, 2.75) is 32.2 Å². The zero-order chi connectivity index (χ0) is 15.0. The van der Waals surface area contributed by atoms with Crippen molar-refractivity contribution in [2.75, 3.05) is 13.2 Å². The predicted octanol–water partition coefficient (Wildman–Crippen LogP) is 2.26. The summed E-state index contributed by atoms with van der Waals surface area (Å²) in [6.45, 7) is 5.06. The standard InChI is InChI=1S/C16H20N2O3/c1-11(2)7-9-18-14(19)16(17-15(18)20)8-10-21-13-6-4-3-5-12(13)16/h3-6,11H,7-10H2,1-2H3,(H,17,20)/t16-/m1/s1. The molecule has 1 aromatic carbocycles. The fraction of sp³-hybridized carbons (Fsp3) is 0.500. The van der Waals surface area contributed by atoms with E-state index >= 15 is 0 Å². The smallest absolute Gasteiger partial charge is 0.325 e. The van der Waals surface area contributed by atoms with Crippen molar-refractivity contribution in [1.82, 2.24) is 10.2 Å². The molecular weight excluding hydrogens is 268 g/mol. The van der Waals surface area contributed by atoms with Crippen LogP contribution < -0.4 is 10.1 Å². The molecule has 0 aliphatic carbocycles. The molecule has 2 aliphatic rings. The number of nitrogens with one attached hydrogen (secondary N) is 1. The van der Waals surface area contributed by atoms with Crippen molar-refractivity contribution in [3.8, 4) is 5.75 Å². The maximum Gasteiger partial charge on any atom is 0.325 e. The number of fused-ring (bicyclic) bond motifs is 2. The van der Waals surface area contributed by atoms with Crippen LogP contribution in [-0.4, -0.2) is 30.0 Å². The van der Waals surface area contributed by atoms with Gasteiger partial charge in [-0.05, 0) is 18.4 Å². The van der Waals surface area contributed by atoms with Gasteiger partial charge in [-0.25, -0.2) is 4.79 Å². The molecule has 3 amide bonds. The molecule has 1 saturated heterocycles. The van der Waals surface area contributed by atoms with Gasteiger partial charge in [-0.3, -0.25) is 9.69 Å². The van der Waals surface area contributed by atoms with Crippen molar-refractivity contribution in [3.63, 3.8) is 0 Å². The number of amides is 3. The Bertz CT molecular complexity index is 585. The number of urea groups is 1. The van der Waals surface area contributed by atoms with Crippen molar-refractivity contribution >= 4 is 11.9 Å². The van der Waals surface area contributed by atoms with Gasteiger partial charge in [0.05, 0.1) is 6.61 Å². The molecule has 3 rings (SSSR count). The quantitative estimate of drug-likeness (QED) is 0.868. The van der Waals surface area contributed by atoms with Gasteiger partial charge in [-0.1, -0.05) is 32.0 Å². The maximum absolute atomic E-state index is 12.9. The Balaban J connectivity index is 1.94. The molecule has 5 nitrogen and oxygen atoms in total. The zero-order valence-corrected chi connectivity index (χ0v) is 12.4. The molecule has 112 valence electrons. The van der Waals surface area contributed by atoms with Gasteiger partial charge in [0.2, 0.25) is 0 Å². The summed E-state index contributed by atoms with van der Waals surface area (Å²) < 4.78 is 5.61. The number of hydrogen-bond donors (Lipinski definition) is 1. The lowest BCUT2D eigenvalue weighted by Gasteiger charge is -2.33. The third kappa shape index (κ3) is 2.17. The molecular formula is C16H20N2O3. The molecule has 0 unspecified atom stereocenters. The van der Waals surface area contributed by atoms with E-state index in [1.165, 1.54) is 4.90 Å². The first-order valence-corrected chi connectivity index (χ1v) is 7.41. The summed E-state index contributed by atoms with van der Waals surface area (Å²) in [6.07, 6.45) is 1.29. The van der Waals surface area contributed by atoms with Crippen LogP contribution in [0.15, 0.2) is 24.3 Å². The highest BCUT2D eigenvalue weighted by atomic mass is 16.5. The minimum atomic E-state index is -0.942. The molecule has 2 aliphatic heterocycles. The largest absolute Gasteiger partial charge is 0.493 e. The Kier molecular flexibility index (Phi) is 3.35. The van der Waals surface area contributed by atoms with Crippen LogP contribution in [0.25, 0.3) is 0 Å². The van der Waals surface area contributed by atoms with Crippen LogP contribution in [0.4, 0.5) is 4.79 Å². The summed E-state index contributed by atoms with van der Waals surface area (Å²) in [4.78, 5) is 26.4. The fourth-order valence-electron chi connectivity index (χ4n) is 2.96. The van der Waals surface area contributed by atoms with E-state index in [0.29, 0.717) is 31.2 Å². The number of nitrogens with zero attached hydrogens (tertiary/aromatic N) is 1. The molecule has 0 radical (unpaired) electrons. The summed E-state index contributed by atoms with van der Waals surface area (Å²) in [6, 6.07) is 7.14. The van der Waals surface area contributed by atoms with Gasteiger partial charge >= 0.3 is 6.03 Å². The number of imide groups is 1. The van der Waals surface area contributed by atoms with Crippen molar-refractivity contribution < 1.29 is 14.3 Å². The highest BCUT2D eigenvalue weighted by Crippen LogP contribution is 2.40. The first-order chi connectivity index (χ1) is 10.0. The molecule has 2 heterocycles. The van der Waals surface area contributed by atoms with E-state index in [4.69, 9.17) is 4.74 Å². The Labute approximate surface area is 124 Å². The lowest BCUT2D eigenvalue weighted by Crippen LogP contribution is -2.47. The molecule has 1 spiro atoms. The average molecular weight is 288 g/mol. The van der Waals surface area contributed by atoms with E-state index in [1.807, 2.05) is 24.3 Å². The Morgan fingerprint density at radius 1 is 1.33 bits per heavy atom. The Morgan fingerprint density at radius 2 is 2.10 bits per heavy atom. The van der Waals surface area contributed by atoms with Gasteiger partial charge in [-0.2, -0.15) is 0 Å². The Morgan fingerprint density at radius 3 is 2.86 bits per heavy atom. The van der Waals surface area contributed by atoms with Crippen LogP contribution in [0.1, 0.15) is 32.3 Å². The number of carbonyl (C=O) groups excluding carboxylic acids is 2. The van der Waals surface area contributed by atoms with Crippen LogP contribution in [0.3, 0.4) is 0 Å². The molecule has 1 atom stereocenters. The molecule has 5 heteroatoms. The minimum absolute atomic E-state index is 0.149. The molecule has 1 N–H and O–H groups in total. The van der Waals surface area contributed by atoms with Gasteiger partial charge in [0.15, 0.2) is 5.54 Å². The minimum Gasteiger partial charge on any atom is -0.493 e. The number of carbonyl (C=O) groups is 2. The first-order valence-electron chi connectivity index (χ1n) is 7.41. The van der Waals surface area contributed by atoms with Crippen molar-refractivity contribution in [3.05, 3.63) is 29.8 Å². The van der Waals surface area contributed by atoms with Crippen molar-refractivity contribution in [2.24, 2.45) is 5.92 Å². The molecule has 0 saturated carbocycles. The van der Waals surface area contributed by atoms with Crippen LogP contribution in [-0.2, 0) is 10.3 Å². The van der Waals surface area contributed by atoms with Crippen LogP contribution in [0, 0.1) is 5.92 Å². The topological polar surface area (TPSA) is 58.6 Å². The number of ether oxygens (including phenoxy) is 1. The van der Waals surface area contributed by atoms with Gasteiger partial charge in [0, 0.05) is 18.5 Å². The lowest BCUT2D eigenvalue weighted by molar-refractivity contribution is -0.132. The number of hydrogen-bond acceptors (Lipinski definition) is 3. The van der Waals surface area contributed by atoms with Gasteiger partial charge in [-0.15, -0.1) is 0 Å². The second-order valence-corrected chi connectivity index (χ2v) is 6.07. The molecule has 0 aromatic heterocycles. The molecule has 1 fully saturated rings. The normalized spacial score (nSPS) is 24.2. The molecule has 1 aromatic rings. The summed E-state index contributed by atoms with van der Waals surface area (Å²) in [5.74, 6) is 0.983. The summed E-state index contributed by atoms with van der Waals surface area (Å²) in [5.41, 5.74) is -0.176. The van der Waals surface area contributed by atoms with E-state index in [-0.39, 0.29) is 11.9 Å². The third-order valence-corrected chi connectivity index (χ3v) is 4.19. The highest BCUT2D eigenvalue weighted by molar-refractivity contribution is 6.07. The van der Waals surface area contributed by atoms with Crippen LogP contribution >= 0.6 is 0 Å². The van der Waals surface area contributed by atoms with E-state index in [1.54, 1.807) is 0 Å². The summed E-state index contributed by atoms with van der Waals surface area (Å²) in [7, 11) is 0. The predicted molar refractivity (Wildman–Crippen MR) is 77.9 cm³/mol. The summed E-state index contributed by atoms with van der Waals surface area (Å²) in [5, 5.41) is 2.91. The van der Waals surface area contributed by atoms with Crippen molar-refractivity contribution in [1.29, 1.82) is 0 Å². The van der Waals surface area contributed by atoms with E-state index in [2.05, 4.69) is 19.2 Å². The SMILES string of the molecule is CC(C)CCN1C(=O)N[C@@]2(CCOc3ccccc32)C1=O. The van der Waals surface area contributed by atoms with E-state index in [9.17, 15) is 9.59 Å². The first kappa shape index (κ1) is 13.9. The molecule has 0 bridgehead atoms. The van der Waals surface area contributed by atoms with Crippen LogP contribution in [0.2, 0.25) is 0 Å². The zero-order valence-electron chi connectivity index (χ0n) is 12.4. The van der Waals surface area contributed by atoms with Gasteiger partial charge in [0.25, 0.3) is 5.91 Å². The second-order valence-electron chi connectivity index (χ2n) is 6.07. The monoisotopic (exact) mass is 288 g/mol. The molecule has 21 heavy (non-hydrogen) atoms. The Hall–Kier alpha value is -2.04. The van der Waals surface area contributed by atoms with E-state index < -0.39 is 5.54 Å². The fourth-order valence-corrected chi connectivity index (χ4v) is 2.96. The van der Waals surface area contributed by atoms with Gasteiger partial charge in [0.1, 0.15) is 5.75 Å². The maximum atomic E-state index is 12.9. The number of benzene rings is 1. The average Bonchev–Trinajstić information content (AvgIpc) is 2.69. The van der Waals surface area contributed by atoms with Crippen LogP contribution in [0.5, 0.6) is 5.75 Å². The summed E-state index contributed by atoms with van der Waals surface area (Å²) >= 11 is 0. The second kappa shape index (κ2) is 5.06. The number of para-hydroxylation sites is 1. The third-order valence-electron chi connectivity index (χ3n) is 4.19.